The fourth-order valence-corrected chi connectivity index (χ4v) is 9.68. The van der Waals surface area contributed by atoms with Gasteiger partial charge in [0, 0.05) is 67.3 Å². The summed E-state index contributed by atoms with van der Waals surface area (Å²) in [5.41, 5.74) is 8.66. The third-order valence-electron chi connectivity index (χ3n) is 12.9. The van der Waals surface area contributed by atoms with Crippen molar-refractivity contribution in [3.8, 4) is 57.2 Å². The molecule has 0 saturated heterocycles. The Hall–Kier alpha value is -7.44. The van der Waals surface area contributed by atoms with Crippen LogP contribution in [0, 0.1) is 0 Å². The molecule has 2 atom stereocenters. The number of benzene rings is 4. The summed E-state index contributed by atoms with van der Waals surface area (Å²) < 4.78 is 103. The molecule has 2 N–H and O–H groups in total. The number of rotatable bonds is 12. The number of aryl methyl sites for hydroxylation is 3. The maximum Gasteiger partial charge on any atom is 0.573 e. The summed E-state index contributed by atoms with van der Waals surface area (Å²) in [6.45, 7) is 1.81. The van der Waals surface area contributed by atoms with Gasteiger partial charge in [-0.25, -0.2) is 0 Å². The fraction of sp³-hybridized carbons (Fsp3) is 0.306. The van der Waals surface area contributed by atoms with E-state index in [1.54, 1.807) is 31.2 Å². The Kier molecular flexibility index (Phi) is 10.4. The van der Waals surface area contributed by atoms with Crippen molar-refractivity contribution in [3.63, 3.8) is 0 Å². The van der Waals surface area contributed by atoms with Gasteiger partial charge in [-0.1, -0.05) is 17.2 Å². The molecule has 1 saturated carbocycles. The molecule has 68 heavy (non-hydrogen) atoms. The highest BCUT2D eigenvalue weighted by Crippen LogP contribution is 2.45. The van der Waals surface area contributed by atoms with Crippen LogP contribution >= 0.6 is 0 Å². The molecule has 4 aromatic carbocycles. The number of nitrogens with zero attached hydrogens (tertiary/aromatic N) is 4. The third-order valence-corrected chi connectivity index (χ3v) is 12.9. The van der Waals surface area contributed by atoms with Crippen LogP contribution in [0.2, 0.25) is 0 Å². The molecule has 0 aliphatic heterocycles. The molecular formula is C49H38F6N6O7. The lowest BCUT2D eigenvalue weighted by Crippen LogP contribution is -2.17. The molecule has 4 aromatic heterocycles. The summed E-state index contributed by atoms with van der Waals surface area (Å²) in [7, 11) is 0. The number of ether oxygens (including phenoxy) is 3. The van der Waals surface area contributed by atoms with Crippen LogP contribution in [0.4, 0.5) is 26.3 Å². The SMILES string of the molecule is CCc1cc(OC(F)(F)F)cc(-c2nc(-c3ccc4[nH]c5c(c4c3)CCC5CC(=O)OC(=O)CC3CCc4c3[nH]c3ccc(-c5noc(-c6cc(OC(F)(F)F)cc(C7CC7)c6)n5)cc43)no2)c1. The van der Waals surface area contributed by atoms with Crippen LogP contribution in [0.5, 0.6) is 11.5 Å². The number of aromatic amines is 2. The lowest BCUT2D eigenvalue weighted by Gasteiger charge is -2.11. The Morgan fingerprint density at radius 2 is 1.13 bits per heavy atom. The van der Waals surface area contributed by atoms with E-state index < -0.39 is 24.7 Å². The maximum atomic E-state index is 13.2. The van der Waals surface area contributed by atoms with Gasteiger partial charge in [-0.05, 0) is 146 Å². The second-order valence-corrected chi connectivity index (χ2v) is 17.5. The van der Waals surface area contributed by atoms with Crippen molar-refractivity contribution in [1.82, 2.24) is 30.2 Å². The monoisotopic (exact) mass is 936 g/mol. The summed E-state index contributed by atoms with van der Waals surface area (Å²) in [6.07, 6.45) is -4.84. The van der Waals surface area contributed by atoms with E-state index in [1.807, 2.05) is 24.3 Å². The molecule has 2 unspecified atom stereocenters. The summed E-state index contributed by atoms with van der Waals surface area (Å²) in [5.74, 6) is -1.63. The van der Waals surface area contributed by atoms with Crippen LogP contribution in [0.1, 0.15) is 96.8 Å². The van der Waals surface area contributed by atoms with Crippen molar-refractivity contribution >= 4 is 33.7 Å². The summed E-state index contributed by atoms with van der Waals surface area (Å²) in [5, 5.41) is 10.0. The number of carbonyl (C=O) groups is 2. The smallest absolute Gasteiger partial charge is 0.406 e. The highest BCUT2D eigenvalue weighted by molar-refractivity contribution is 5.92. The lowest BCUT2D eigenvalue weighted by molar-refractivity contribution is -0.275. The number of hydrogen-bond acceptors (Lipinski definition) is 11. The number of hydrogen-bond donors (Lipinski definition) is 2. The van der Waals surface area contributed by atoms with Crippen LogP contribution in [0.25, 0.3) is 67.5 Å². The predicted molar refractivity (Wildman–Crippen MR) is 231 cm³/mol. The van der Waals surface area contributed by atoms with Gasteiger partial charge in [-0.3, -0.25) is 9.59 Å². The molecule has 0 amide bonds. The predicted octanol–water partition coefficient (Wildman–Crippen LogP) is 11.9. The molecule has 1 fully saturated rings. The van der Waals surface area contributed by atoms with Crippen molar-refractivity contribution in [2.24, 2.45) is 0 Å². The van der Waals surface area contributed by atoms with E-state index in [4.69, 9.17) is 13.8 Å². The molecule has 0 spiro atoms. The summed E-state index contributed by atoms with van der Waals surface area (Å²) in [4.78, 5) is 42.4. The van der Waals surface area contributed by atoms with Gasteiger partial charge in [0.2, 0.25) is 11.6 Å². The normalized spacial score (nSPS) is 16.9. The summed E-state index contributed by atoms with van der Waals surface area (Å²) in [6, 6.07) is 19.7. The Bertz CT molecular complexity index is 3290. The largest absolute Gasteiger partial charge is 0.573 e. The zero-order chi connectivity index (χ0) is 47.1. The molecule has 19 heteroatoms. The van der Waals surface area contributed by atoms with E-state index in [2.05, 4.69) is 39.7 Å². The first-order valence-corrected chi connectivity index (χ1v) is 22.1. The Morgan fingerprint density at radius 3 is 1.62 bits per heavy atom. The third kappa shape index (κ3) is 8.67. The van der Waals surface area contributed by atoms with Crippen LogP contribution < -0.4 is 9.47 Å². The van der Waals surface area contributed by atoms with Gasteiger partial charge in [0.05, 0.1) is 12.8 Å². The fourth-order valence-electron chi connectivity index (χ4n) is 9.68. The van der Waals surface area contributed by atoms with E-state index in [0.717, 1.165) is 57.2 Å². The first-order valence-electron chi connectivity index (χ1n) is 22.1. The number of halogens is 6. The van der Waals surface area contributed by atoms with Crippen LogP contribution in [-0.4, -0.2) is 54.9 Å². The van der Waals surface area contributed by atoms with E-state index in [-0.39, 0.29) is 71.1 Å². The Labute approximate surface area is 381 Å². The van der Waals surface area contributed by atoms with Crippen LogP contribution in [0.15, 0.2) is 81.8 Å². The van der Waals surface area contributed by atoms with E-state index >= 15 is 0 Å². The molecule has 4 heterocycles. The van der Waals surface area contributed by atoms with Crippen molar-refractivity contribution in [2.45, 2.75) is 95.2 Å². The average molecular weight is 937 g/mol. The average Bonchev–Trinajstić information content (AvgIpc) is 3.86. The van der Waals surface area contributed by atoms with Gasteiger partial charge in [0.15, 0.2) is 0 Å². The van der Waals surface area contributed by atoms with Gasteiger partial charge >= 0.3 is 24.7 Å². The second kappa shape index (κ2) is 16.4. The Morgan fingerprint density at radius 1 is 0.632 bits per heavy atom. The van der Waals surface area contributed by atoms with E-state index in [9.17, 15) is 35.9 Å². The van der Waals surface area contributed by atoms with Gasteiger partial charge in [-0.15, -0.1) is 26.3 Å². The molecule has 0 radical (unpaired) electrons. The first kappa shape index (κ1) is 43.1. The molecule has 0 bridgehead atoms. The zero-order valence-electron chi connectivity index (χ0n) is 35.9. The van der Waals surface area contributed by atoms with E-state index in [0.29, 0.717) is 59.9 Å². The standard InChI is InChI=1S/C49H38F6N6O7/c1-2-23-13-30(17-32(14-23)65-48(50,51)52)46-58-44(60-67-46)27-7-11-38-36(19-27)34-9-5-25(42(34)56-38)21-40(62)64-41(63)22-26-6-10-35-37-20-28(8-12-39(37)57-43(26)35)45-59-47(68-61-45)31-15-29(24-3-4-24)16-33(18-31)66-49(53,54)55/h7-8,11-20,24-26,56-57H,2-6,9-10,21-22H2,1H3. The number of aromatic nitrogens is 6. The summed E-state index contributed by atoms with van der Waals surface area (Å²) >= 11 is 0. The van der Waals surface area contributed by atoms with Crippen molar-refractivity contribution < 1.29 is 59.2 Å². The molecule has 3 aliphatic carbocycles. The quantitative estimate of drug-likeness (QED) is 0.0678. The van der Waals surface area contributed by atoms with Crippen molar-refractivity contribution in [3.05, 3.63) is 106 Å². The number of fused-ring (bicyclic) bond motifs is 6. The Balaban J connectivity index is 0.736. The minimum atomic E-state index is -4.86. The van der Waals surface area contributed by atoms with Crippen LogP contribution in [-0.2, 0) is 33.6 Å². The van der Waals surface area contributed by atoms with Gasteiger partial charge in [0.25, 0.3) is 11.8 Å². The molecule has 11 rings (SSSR count). The molecule has 8 aromatic rings. The number of esters is 2. The van der Waals surface area contributed by atoms with Gasteiger partial charge in [0.1, 0.15) is 11.5 Å². The molecule has 3 aliphatic rings. The highest BCUT2D eigenvalue weighted by atomic mass is 19.4. The first-order chi connectivity index (χ1) is 32.6. The van der Waals surface area contributed by atoms with Gasteiger partial charge in [-0.2, -0.15) is 9.97 Å². The maximum absolute atomic E-state index is 13.2. The zero-order valence-corrected chi connectivity index (χ0v) is 35.9. The number of carbonyl (C=O) groups excluding carboxylic acids is 2. The van der Waals surface area contributed by atoms with Crippen molar-refractivity contribution in [1.29, 1.82) is 0 Å². The van der Waals surface area contributed by atoms with Crippen LogP contribution in [0.3, 0.4) is 0 Å². The minimum absolute atomic E-state index is 0.000809. The molecule has 13 nitrogen and oxygen atoms in total. The highest BCUT2D eigenvalue weighted by Gasteiger charge is 2.35. The number of nitrogens with one attached hydrogen (secondary N) is 2. The number of H-pyrrole nitrogens is 2. The van der Waals surface area contributed by atoms with E-state index in [1.165, 1.54) is 24.3 Å². The lowest BCUT2D eigenvalue weighted by atomic mass is 10.0. The minimum Gasteiger partial charge on any atom is -0.406 e. The molecular weight excluding hydrogens is 899 g/mol. The van der Waals surface area contributed by atoms with Gasteiger partial charge < -0.3 is 33.2 Å². The molecule has 348 valence electrons. The topological polar surface area (TPSA) is 171 Å². The van der Waals surface area contributed by atoms with Crippen molar-refractivity contribution in [2.75, 3.05) is 0 Å². The second-order valence-electron chi connectivity index (χ2n) is 17.5. The number of alkyl halides is 6.